The van der Waals surface area contributed by atoms with E-state index in [4.69, 9.17) is 14.7 Å². The Bertz CT molecular complexity index is 974. The lowest BCUT2D eigenvalue weighted by Gasteiger charge is -2.33. The maximum atomic E-state index is 13.2. The molecule has 0 aliphatic carbocycles. The Morgan fingerprint density at radius 2 is 2.04 bits per heavy atom. The summed E-state index contributed by atoms with van der Waals surface area (Å²) in [5, 5.41) is 3.00. The quantitative estimate of drug-likeness (QED) is 0.284. The highest BCUT2D eigenvalue weighted by molar-refractivity contribution is 7.99. The molecule has 1 aromatic carbocycles. The van der Waals surface area contributed by atoms with Gasteiger partial charge in [-0.05, 0) is 42.9 Å². The van der Waals surface area contributed by atoms with E-state index in [0.29, 0.717) is 6.61 Å². The summed E-state index contributed by atoms with van der Waals surface area (Å²) in [7, 11) is 0. The first-order valence-corrected chi connectivity index (χ1v) is 11.9. The molecule has 0 spiro atoms. The van der Waals surface area contributed by atoms with Crippen molar-refractivity contribution in [3.05, 3.63) is 46.1 Å². The minimum absolute atomic E-state index is 0.127. The van der Waals surface area contributed by atoms with Gasteiger partial charge in [0.25, 0.3) is 0 Å². The standard InChI is InChI=1S/C20H21FN2OS3/c1-4-20(2)9-14-15(10-24-20)27-18-16(14)17(22-19(23-18)25-3)26-11-12-5-7-13(21)8-6-12/h5-8H,4,9-11H2,1-3H3/t20-/m0/s1. The molecule has 3 aromatic rings. The second-order valence-electron chi connectivity index (χ2n) is 6.88. The Balaban J connectivity index is 1.74. The van der Waals surface area contributed by atoms with Crippen LogP contribution in [0.2, 0.25) is 0 Å². The number of nitrogens with zero attached hydrogens (tertiary/aromatic N) is 2. The molecule has 1 atom stereocenters. The first kappa shape index (κ1) is 19.2. The Labute approximate surface area is 171 Å². The third kappa shape index (κ3) is 3.88. The van der Waals surface area contributed by atoms with Gasteiger partial charge in [-0.1, -0.05) is 30.8 Å². The van der Waals surface area contributed by atoms with Gasteiger partial charge in [0.15, 0.2) is 5.16 Å². The first-order chi connectivity index (χ1) is 13.0. The Morgan fingerprint density at radius 3 is 2.74 bits per heavy atom. The fraction of sp³-hybridized carbons (Fsp3) is 0.400. The van der Waals surface area contributed by atoms with E-state index in [9.17, 15) is 4.39 Å². The Kier molecular flexibility index (Phi) is 5.47. The average Bonchev–Trinajstić information content (AvgIpc) is 3.04. The molecule has 0 bridgehead atoms. The van der Waals surface area contributed by atoms with E-state index in [-0.39, 0.29) is 11.4 Å². The fourth-order valence-electron chi connectivity index (χ4n) is 3.18. The van der Waals surface area contributed by atoms with Crippen molar-refractivity contribution in [2.75, 3.05) is 6.26 Å². The highest BCUT2D eigenvalue weighted by atomic mass is 32.2. The van der Waals surface area contributed by atoms with Crippen LogP contribution in [0.1, 0.15) is 36.3 Å². The molecule has 0 radical (unpaired) electrons. The number of ether oxygens (including phenoxy) is 1. The van der Waals surface area contributed by atoms with Gasteiger partial charge in [-0.2, -0.15) is 0 Å². The van der Waals surface area contributed by atoms with Crippen LogP contribution in [0, 0.1) is 5.82 Å². The van der Waals surface area contributed by atoms with E-state index in [1.165, 1.54) is 28.0 Å². The van der Waals surface area contributed by atoms with Crippen molar-refractivity contribution in [1.82, 2.24) is 9.97 Å². The van der Waals surface area contributed by atoms with E-state index in [0.717, 1.165) is 39.2 Å². The van der Waals surface area contributed by atoms with E-state index < -0.39 is 0 Å². The van der Waals surface area contributed by atoms with Crippen molar-refractivity contribution in [3.63, 3.8) is 0 Å². The lowest BCUT2D eigenvalue weighted by molar-refractivity contribution is -0.0543. The number of halogens is 1. The molecule has 4 rings (SSSR count). The van der Waals surface area contributed by atoms with Crippen LogP contribution in [0.25, 0.3) is 10.2 Å². The summed E-state index contributed by atoms with van der Waals surface area (Å²) in [6, 6.07) is 6.69. The molecule has 0 unspecified atom stereocenters. The van der Waals surface area contributed by atoms with Crippen molar-refractivity contribution in [3.8, 4) is 0 Å². The third-order valence-electron chi connectivity index (χ3n) is 5.00. The van der Waals surface area contributed by atoms with Gasteiger partial charge in [-0.3, -0.25) is 0 Å². The molecule has 0 saturated carbocycles. The van der Waals surface area contributed by atoms with Crippen LogP contribution in [0.3, 0.4) is 0 Å². The maximum absolute atomic E-state index is 13.2. The normalized spacial score (nSPS) is 19.4. The number of thioether (sulfide) groups is 2. The fourth-order valence-corrected chi connectivity index (χ4v) is 5.83. The zero-order valence-electron chi connectivity index (χ0n) is 15.5. The highest BCUT2D eigenvalue weighted by Gasteiger charge is 2.33. The van der Waals surface area contributed by atoms with Crippen molar-refractivity contribution in [2.24, 2.45) is 0 Å². The summed E-state index contributed by atoms with van der Waals surface area (Å²) in [5.74, 6) is 0.551. The van der Waals surface area contributed by atoms with Crippen LogP contribution in [-0.4, -0.2) is 21.8 Å². The Morgan fingerprint density at radius 1 is 1.26 bits per heavy atom. The second kappa shape index (κ2) is 7.70. The largest absolute Gasteiger partial charge is 0.369 e. The van der Waals surface area contributed by atoms with Gasteiger partial charge in [-0.25, -0.2) is 14.4 Å². The third-order valence-corrected chi connectivity index (χ3v) is 7.70. The summed E-state index contributed by atoms with van der Waals surface area (Å²) in [4.78, 5) is 11.9. The van der Waals surface area contributed by atoms with Crippen LogP contribution in [0.15, 0.2) is 34.4 Å². The molecule has 3 nitrogen and oxygen atoms in total. The average molecular weight is 421 g/mol. The van der Waals surface area contributed by atoms with Gasteiger partial charge in [0, 0.05) is 22.4 Å². The van der Waals surface area contributed by atoms with Crippen LogP contribution >= 0.6 is 34.9 Å². The number of hydrogen-bond donors (Lipinski definition) is 0. The van der Waals surface area contributed by atoms with E-state index in [1.54, 1.807) is 34.9 Å². The number of fused-ring (bicyclic) bond motifs is 3. The molecule has 2 aromatic heterocycles. The van der Waals surface area contributed by atoms with Crippen LogP contribution in [0.4, 0.5) is 4.39 Å². The van der Waals surface area contributed by atoms with E-state index in [2.05, 4.69) is 13.8 Å². The maximum Gasteiger partial charge on any atom is 0.189 e. The second-order valence-corrected chi connectivity index (χ2v) is 9.70. The molecule has 27 heavy (non-hydrogen) atoms. The summed E-state index contributed by atoms with van der Waals surface area (Å²) < 4.78 is 19.3. The SMILES string of the molecule is CC[C@@]1(C)Cc2c(sc3nc(SC)nc(SCc4ccc(F)cc4)c23)CO1. The summed E-state index contributed by atoms with van der Waals surface area (Å²) in [5.41, 5.74) is 2.31. The van der Waals surface area contributed by atoms with Crippen LogP contribution in [0.5, 0.6) is 0 Å². The molecular weight excluding hydrogens is 399 g/mol. The molecule has 3 heterocycles. The molecule has 142 valence electrons. The molecule has 0 N–H and O–H groups in total. The van der Waals surface area contributed by atoms with E-state index >= 15 is 0 Å². The summed E-state index contributed by atoms with van der Waals surface area (Å²) >= 11 is 4.99. The van der Waals surface area contributed by atoms with Gasteiger partial charge in [0.05, 0.1) is 12.2 Å². The molecule has 1 aliphatic heterocycles. The topological polar surface area (TPSA) is 35.0 Å². The zero-order chi connectivity index (χ0) is 19.0. The first-order valence-electron chi connectivity index (χ1n) is 8.89. The van der Waals surface area contributed by atoms with Crippen LogP contribution in [-0.2, 0) is 23.5 Å². The van der Waals surface area contributed by atoms with Gasteiger partial charge in [0.1, 0.15) is 15.7 Å². The molecule has 0 fully saturated rings. The monoisotopic (exact) mass is 420 g/mol. The van der Waals surface area contributed by atoms with Gasteiger partial charge >= 0.3 is 0 Å². The summed E-state index contributed by atoms with van der Waals surface area (Å²) in [6.07, 6.45) is 3.87. The van der Waals surface area contributed by atoms with Crippen molar-refractivity contribution < 1.29 is 9.13 Å². The van der Waals surface area contributed by atoms with E-state index in [1.807, 2.05) is 18.4 Å². The minimum atomic E-state index is -0.205. The number of benzene rings is 1. The van der Waals surface area contributed by atoms with Gasteiger partial charge < -0.3 is 4.74 Å². The molecule has 1 aliphatic rings. The smallest absolute Gasteiger partial charge is 0.189 e. The van der Waals surface area contributed by atoms with Crippen molar-refractivity contribution in [1.29, 1.82) is 0 Å². The number of thiophene rings is 1. The molecule has 7 heteroatoms. The lowest BCUT2D eigenvalue weighted by atomic mass is 9.90. The van der Waals surface area contributed by atoms with Crippen molar-refractivity contribution >= 4 is 45.1 Å². The van der Waals surface area contributed by atoms with Crippen molar-refractivity contribution in [2.45, 2.75) is 54.8 Å². The number of hydrogen-bond acceptors (Lipinski definition) is 6. The molecule has 0 saturated heterocycles. The Hall–Kier alpha value is -1.15. The van der Waals surface area contributed by atoms with Gasteiger partial charge in [-0.15, -0.1) is 23.1 Å². The summed E-state index contributed by atoms with van der Waals surface area (Å²) in [6.45, 7) is 5.01. The lowest BCUT2D eigenvalue weighted by Crippen LogP contribution is -2.33. The zero-order valence-corrected chi connectivity index (χ0v) is 18.0. The molecular formula is C20H21FN2OS3. The minimum Gasteiger partial charge on any atom is -0.369 e. The highest BCUT2D eigenvalue weighted by Crippen LogP contribution is 2.43. The van der Waals surface area contributed by atoms with Crippen LogP contribution < -0.4 is 0 Å². The number of rotatable bonds is 5. The van der Waals surface area contributed by atoms with Gasteiger partial charge in [0.2, 0.25) is 0 Å². The number of aromatic nitrogens is 2. The molecule has 0 amide bonds. The predicted molar refractivity (Wildman–Crippen MR) is 112 cm³/mol. The predicted octanol–water partition coefficient (Wildman–Crippen LogP) is 6.09.